The lowest BCUT2D eigenvalue weighted by atomic mass is 9.98. The lowest BCUT2D eigenvalue weighted by Gasteiger charge is -2.15. The second-order valence-electron chi connectivity index (χ2n) is 10.7. The Morgan fingerprint density at radius 1 is 0.444 bits per heavy atom. The molecule has 2 aromatic heterocycles. The number of nitrogens with zero attached hydrogens (tertiary/aromatic N) is 4. The van der Waals surface area contributed by atoms with Crippen molar-refractivity contribution in [2.75, 3.05) is 5.32 Å². The van der Waals surface area contributed by atoms with Crippen LogP contribution in [0.1, 0.15) is 11.7 Å². The Labute approximate surface area is 262 Å². The fourth-order valence-electron chi connectivity index (χ4n) is 5.29. The normalized spacial score (nSPS) is 11.6. The fraction of sp³-hybridized carbons (Fsp3) is 0.0256. The van der Waals surface area contributed by atoms with Gasteiger partial charge < -0.3 is 11.1 Å². The summed E-state index contributed by atoms with van der Waals surface area (Å²) in [6.45, 7) is 0. The molecule has 0 spiro atoms. The molecule has 0 aliphatic rings. The van der Waals surface area contributed by atoms with Gasteiger partial charge in [-0.15, -0.1) is 0 Å². The van der Waals surface area contributed by atoms with E-state index < -0.39 is 6.17 Å². The topological polar surface area (TPSA) is 89.6 Å². The molecular weight excluding hydrogens is 552 g/mol. The highest BCUT2D eigenvalue weighted by molar-refractivity contribution is 5.77. The minimum Gasteiger partial charge on any atom is -0.335 e. The zero-order valence-corrected chi connectivity index (χ0v) is 24.5. The molecule has 2 heterocycles. The molecule has 0 saturated carbocycles. The average molecular weight is 583 g/mol. The summed E-state index contributed by atoms with van der Waals surface area (Å²) in [4.78, 5) is 18.5. The number of aromatic nitrogens is 4. The second-order valence-corrected chi connectivity index (χ2v) is 10.7. The van der Waals surface area contributed by atoms with Crippen molar-refractivity contribution >= 4 is 5.95 Å². The van der Waals surface area contributed by atoms with E-state index in [0.29, 0.717) is 11.8 Å². The van der Waals surface area contributed by atoms with Crippen LogP contribution in [0.3, 0.4) is 0 Å². The predicted molar refractivity (Wildman–Crippen MR) is 182 cm³/mol. The molecule has 0 aliphatic carbocycles. The van der Waals surface area contributed by atoms with Crippen molar-refractivity contribution in [1.82, 2.24) is 19.9 Å². The van der Waals surface area contributed by atoms with Crippen molar-refractivity contribution in [3.8, 4) is 56.2 Å². The molecule has 5 aromatic carbocycles. The molecule has 0 amide bonds. The van der Waals surface area contributed by atoms with Gasteiger partial charge in [-0.2, -0.15) is 0 Å². The van der Waals surface area contributed by atoms with Crippen LogP contribution in [0.5, 0.6) is 0 Å². The SMILES string of the molecule is NC(Nc1ncccn1)c1cccc(-c2cccc(-c3cc(-c4ccc(-c5ccccc5)cc4)nc(-c4ccccc4)n3)c2)c1. The average Bonchev–Trinajstić information content (AvgIpc) is 3.13. The van der Waals surface area contributed by atoms with Gasteiger partial charge >= 0.3 is 0 Å². The van der Waals surface area contributed by atoms with Crippen molar-refractivity contribution in [3.05, 3.63) is 164 Å². The van der Waals surface area contributed by atoms with Gasteiger partial charge in [0, 0.05) is 29.1 Å². The van der Waals surface area contributed by atoms with Crippen molar-refractivity contribution in [2.24, 2.45) is 5.73 Å². The first kappa shape index (κ1) is 27.8. The number of anilines is 1. The number of rotatable bonds is 8. The van der Waals surface area contributed by atoms with Crippen LogP contribution in [0, 0.1) is 0 Å². The maximum atomic E-state index is 6.47. The molecule has 3 N–H and O–H groups in total. The highest BCUT2D eigenvalue weighted by Gasteiger charge is 2.13. The highest BCUT2D eigenvalue weighted by atomic mass is 15.2. The zero-order valence-electron chi connectivity index (χ0n) is 24.5. The third kappa shape index (κ3) is 6.37. The molecule has 216 valence electrons. The molecule has 1 unspecified atom stereocenters. The van der Waals surface area contributed by atoms with Gasteiger partial charge in [0.15, 0.2) is 5.82 Å². The lowest BCUT2D eigenvalue weighted by Crippen LogP contribution is -2.21. The number of hydrogen-bond acceptors (Lipinski definition) is 6. The van der Waals surface area contributed by atoms with Gasteiger partial charge in [0.1, 0.15) is 6.17 Å². The van der Waals surface area contributed by atoms with Crippen LogP contribution >= 0.6 is 0 Å². The molecule has 7 aromatic rings. The van der Waals surface area contributed by atoms with E-state index in [2.05, 4.69) is 106 Å². The quantitative estimate of drug-likeness (QED) is 0.174. The molecule has 0 radical (unpaired) electrons. The Kier molecular flexibility index (Phi) is 7.86. The molecule has 0 fully saturated rings. The van der Waals surface area contributed by atoms with Gasteiger partial charge in [-0.05, 0) is 52.1 Å². The van der Waals surface area contributed by atoms with E-state index in [-0.39, 0.29) is 0 Å². The van der Waals surface area contributed by atoms with E-state index >= 15 is 0 Å². The summed E-state index contributed by atoms with van der Waals surface area (Å²) in [6.07, 6.45) is 2.92. The number of nitrogens with two attached hydrogens (primary N) is 1. The molecular formula is C39H30N6. The summed E-state index contributed by atoms with van der Waals surface area (Å²) in [5, 5.41) is 3.17. The van der Waals surface area contributed by atoms with Crippen LogP contribution in [0.25, 0.3) is 56.2 Å². The third-order valence-corrected chi connectivity index (χ3v) is 7.63. The Morgan fingerprint density at radius 2 is 0.978 bits per heavy atom. The largest absolute Gasteiger partial charge is 0.335 e. The van der Waals surface area contributed by atoms with Crippen molar-refractivity contribution in [3.63, 3.8) is 0 Å². The predicted octanol–water partition coefficient (Wildman–Crippen LogP) is 8.67. The van der Waals surface area contributed by atoms with Gasteiger partial charge in [0.25, 0.3) is 0 Å². The van der Waals surface area contributed by atoms with Crippen LogP contribution in [0.4, 0.5) is 5.95 Å². The standard InChI is InChI=1S/C39H30N6/c40-37(45-39-41-22-9-23-42-39)34-17-8-15-32(25-34)31-14-7-16-33(24-31)36-26-35(43-38(44-36)30-12-5-2-6-13-30)29-20-18-28(19-21-29)27-10-3-1-4-11-27/h1-26,37H,40H2,(H,41,42,45). The fourth-order valence-corrected chi connectivity index (χ4v) is 5.29. The highest BCUT2D eigenvalue weighted by Crippen LogP contribution is 2.32. The van der Waals surface area contributed by atoms with E-state index in [1.807, 2.05) is 48.5 Å². The van der Waals surface area contributed by atoms with Crippen molar-refractivity contribution in [1.29, 1.82) is 0 Å². The molecule has 6 heteroatoms. The van der Waals surface area contributed by atoms with Crippen LogP contribution < -0.4 is 11.1 Å². The second kappa shape index (κ2) is 12.7. The number of hydrogen-bond donors (Lipinski definition) is 2. The monoisotopic (exact) mass is 582 g/mol. The van der Waals surface area contributed by atoms with E-state index in [9.17, 15) is 0 Å². The van der Waals surface area contributed by atoms with E-state index in [4.69, 9.17) is 15.7 Å². The van der Waals surface area contributed by atoms with E-state index in [1.54, 1.807) is 18.5 Å². The van der Waals surface area contributed by atoms with Crippen LogP contribution in [0.2, 0.25) is 0 Å². The summed E-state index contributed by atoms with van der Waals surface area (Å²) < 4.78 is 0. The molecule has 0 aliphatic heterocycles. The Bertz CT molecular complexity index is 2030. The molecule has 0 saturated heterocycles. The number of benzene rings is 5. The Morgan fingerprint density at radius 3 is 1.69 bits per heavy atom. The van der Waals surface area contributed by atoms with Crippen molar-refractivity contribution < 1.29 is 0 Å². The van der Waals surface area contributed by atoms with E-state index in [1.165, 1.54) is 5.56 Å². The first-order chi connectivity index (χ1) is 22.2. The van der Waals surface area contributed by atoms with Crippen LogP contribution in [0.15, 0.2) is 158 Å². The summed E-state index contributed by atoms with van der Waals surface area (Å²) >= 11 is 0. The third-order valence-electron chi connectivity index (χ3n) is 7.63. The Balaban J connectivity index is 1.24. The summed E-state index contributed by atoms with van der Waals surface area (Å²) in [6, 6.07) is 49.5. The van der Waals surface area contributed by atoms with Crippen molar-refractivity contribution in [2.45, 2.75) is 6.17 Å². The van der Waals surface area contributed by atoms with Crippen LogP contribution in [-0.2, 0) is 0 Å². The van der Waals surface area contributed by atoms with Crippen LogP contribution in [-0.4, -0.2) is 19.9 Å². The van der Waals surface area contributed by atoms with Gasteiger partial charge in [-0.25, -0.2) is 19.9 Å². The summed E-state index contributed by atoms with van der Waals surface area (Å²) in [5.41, 5.74) is 16.6. The summed E-state index contributed by atoms with van der Waals surface area (Å²) in [7, 11) is 0. The lowest BCUT2D eigenvalue weighted by molar-refractivity contribution is 0.818. The molecule has 1 atom stereocenters. The minimum atomic E-state index is -0.457. The van der Waals surface area contributed by atoms with Gasteiger partial charge in [0.2, 0.25) is 5.95 Å². The first-order valence-electron chi connectivity index (χ1n) is 14.8. The Hall–Kier alpha value is -5.98. The smallest absolute Gasteiger partial charge is 0.224 e. The summed E-state index contributed by atoms with van der Waals surface area (Å²) in [5.74, 6) is 1.17. The molecule has 45 heavy (non-hydrogen) atoms. The van der Waals surface area contributed by atoms with Gasteiger partial charge in [-0.1, -0.05) is 121 Å². The molecule has 0 bridgehead atoms. The number of nitrogens with one attached hydrogen (secondary N) is 1. The molecule has 7 rings (SSSR count). The zero-order chi connectivity index (χ0) is 30.4. The maximum Gasteiger partial charge on any atom is 0.224 e. The molecule has 6 nitrogen and oxygen atoms in total. The minimum absolute atomic E-state index is 0.457. The van der Waals surface area contributed by atoms with Gasteiger partial charge in [-0.3, -0.25) is 0 Å². The maximum absolute atomic E-state index is 6.47. The van der Waals surface area contributed by atoms with Gasteiger partial charge in [0.05, 0.1) is 11.4 Å². The van der Waals surface area contributed by atoms with E-state index in [0.717, 1.165) is 50.3 Å². The first-order valence-corrected chi connectivity index (χ1v) is 14.8.